The van der Waals surface area contributed by atoms with Crippen LogP contribution < -0.4 is 10.5 Å². The first-order chi connectivity index (χ1) is 7.22. The summed E-state index contributed by atoms with van der Waals surface area (Å²) >= 11 is 0. The lowest BCUT2D eigenvalue weighted by Crippen LogP contribution is -2.02. The predicted octanol–water partition coefficient (Wildman–Crippen LogP) is 2.36. The van der Waals surface area contributed by atoms with E-state index in [-0.39, 0.29) is 0 Å². The molecule has 1 heterocycles. The first-order valence-corrected chi connectivity index (χ1v) is 5.50. The molecule has 0 fully saturated rings. The molecule has 0 saturated carbocycles. The van der Waals surface area contributed by atoms with E-state index in [4.69, 9.17) is 10.5 Å². The molecule has 1 aromatic rings. The molecule has 0 radical (unpaired) electrons. The molecule has 0 saturated heterocycles. The number of rotatable bonds is 6. The van der Waals surface area contributed by atoms with Crippen molar-refractivity contribution in [2.75, 3.05) is 6.61 Å². The van der Waals surface area contributed by atoms with Gasteiger partial charge in [0.1, 0.15) is 0 Å². The molecule has 0 aliphatic heterocycles. The lowest BCUT2D eigenvalue weighted by Gasteiger charge is -2.07. The quantitative estimate of drug-likeness (QED) is 0.730. The van der Waals surface area contributed by atoms with Crippen molar-refractivity contribution in [3.63, 3.8) is 0 Å². The van der Waals surface area contributed by atoms with Crippen molar-refractivity contribution in [3.8, 4) is 5.88 Å². The molecule has 0 spiro atoms. The van der Waals surface area contributed by atoms with E-state index in [1.807, 2.05) is 12.1 Å². The van der Waals surface area contributed by atoms with Gasteiger partial charge < -0.3 is 10.5 Å². The molecule has 15 heavy (non-hydrogen) atoms. The van der Waals surface area contributed by atoms with Gasteiger partial charge in [-0.2, -0.15) is 0 Å². The fourth-order valence-corrected chi connectivity index (χ4v) is 1.32. The van der Waals surface area contributed by atoms with Crippen LogP contribution in [0.15, 0.2) is 18.3 Å². The van der Waals surface area contributed by atoms with E-state index in [0.29, 0.717) is 12.4 Å². The van der Waals surface area contributed by atoms with E-state index in [9.17, 15) is 0 Å². The zero-order valence-electron chi connectivity index (χ0n) is 9.57. The fraction of sp³-hybridized carbons (Fsp3) is 0.583. The van der Waals surface area contributed by atoms with Crippen LogP contribution in [0.25, 0.3) is 0 Å². The lowest BCUT2D eigenvalue weighted by molar-refractivity contribution is 0.287. The number of pyridine rings is 1. The van der Waals surface area contributed by atoms with Gasteiger partial charge in [0.2, 0.25) is 5.88 Å². The summed E-state index contributed by atoms with van der Waals surface area (Å²) < 4.78 is 5.53. The van der Waals surface area contributed by atoms with Gasteiger partial charge in [0, 0.05) is 18.8 Å². The van der Waals surface area contributed by atoms with Crippen LogP contribution >= 0.6 is 0 Å². The number of aromatic nitrogens is 1. The third-order valence-electron chi connectivity index (χ3n) is 2.21. The smallest absolute Gasteiger partial charge is 0.213 e. The third kappa shape index (κ3) is 4.79. The zero-order valence-corrected chi connectivity index (χ0v) is 9.57. The maximum absolute atomic E-state index is 5.53. The normalized spacial score (nSPS) is 10.7. The maximum atomic E-state index is 5.53. The molecule has 2 N–H and O–H groups in total. The van der Waals surface area contributed by atoms with Crippen molar-refractivity contribution in [2.24, 2.45) is 11.7 Å². The number of ether oxygens (including phenoxy) is 1. The van der Waals surface area contributed by atoms with Crippen molar-refractivity contribution in [1.82, 2.24) is 4.98 Å². The van der Waals surface area contributed by atoms with Crippen LogP contribution in [0.5, 0.6) is 5.88 Å². The highest BCUT2D eigenvalue weighted by Gasteiger charge is 1.98. The number of nitrogens with two attached hydrogens (primary N) is 1. The van der Waals surface area contributed by atoms with Gasteiger partial charge in [0.05, 0.1) is 6.61 Å². The van der Waals surface area contributed by atoms with Crippen molar-refractivity contribution in [2.45, 2.75) is 33.2 Å². The molecule has 1 rings (SSSR count). The highest BCUT2D eigenvalue weighted by Crippen LogP contribution is 2.10. The number of hydrogen-bond donors (Lipinski definition) is 1. The van der Waals surface area contributed by atoms with E-state index >= 15 is 0 Å². The third-order valence-corrected chi connectivity index (χ3v) is 2.21. The predicted molar refractivity (Wildman–Crippen MR) is 61.7 cm³/mol. The average Bonchev–Trinajstić information content (AvgIpc) is 2.24. The highest BCUT2D eigenvalue weighted by molar-refractivity contribution is 5.19. The highest BCUT2D eigenvalue weighted by atomic mass is 16.5. The van der Waals surface area contributed by atoms with Crippen LogP contribution in [0, 0.1) is 5.92 Å². The van der Waals surface area contributed by atoms with Crippen LogP contribution in [0.2, 0.25) is 0 Å². The van der Waals surface area contributed by atoms with E-state index in [1.165, 1.54) is 6.42 Å². The van der Waals surface area contributed by atoms with E-state index < -0.39 is 0 Å². The Hall–Kier alpha value is -1.09. The Morgan fingerprint density at radius 3 is 2.93 bits per heavy atom. The van der Waals surface area contributed by atoms with Crippen LogP contribution in [0.3, 0.4) is 0 Å². The first-order valence-electron chi connectivity index (χ1n) is 5.50. The molecule has 0 amide bonds. The second kappa shape index (κ2) is 6.40. The van der Waals surface area contributed by atoms with Crippen molar-refractivity contribution >= 4 is 0 Å². The molecule has 0 aliphatic rings. The molecule has 0 unspecified atom stereocenters. The second-order valence-corrected chi connectivity index (χ2v) is 4.09. The summed E-state index contributed by atoms with van der Waals surface area (Å²) in [5.74, 6) is 1.42. The molecular weight excluding hydrogens is 188 g/mol. The number of hydrogen-bond acceptors (Lipinski definition) is 3. The molecule has 1 aromatic heterocycles. The molecule has 3 heteroatoms. The van der Waals surface area contributed by atoms with E-state index in [0.717, 1.165) is 24.5 Å². The van der Waals surface area contributed by atoms with Crippen LogP contribution in [0.4, 0.5) is 0 Å². The maximum Gasteiger partial charge on any atom is 0.213 e. The molecule has 0 aliphatic carbocycles. The second-order valence-electron chi connectivity index (χ2n) is 4.09. The molecule has 0 bridgehead atoms. The van der Waals surface area contributed by atoms with Gasteiger partial charge in [-0.1, -0.05) is 13.8 Å². The summed E-state index contributed by atoms with van der Waals surface area (Å²) in [7, 11) is 0. The Kier molecular flexibility index (Phi) is 5.12. The monoisotopic (exact) mass is 208 g/mol. The Bertz CT molecular complexity index is 287. The number of nitrogens with zero attached hydrogens (tertiary/aromatic N) is 1. The molecule has 3 nitrogen and oxygen atoms in total. The average molecular weight is 208 g/mol. The van der Waals surface area contributed by atoms with Gasteiger partial charge in [-0.05, 0) is 30.4 Å². The van der Waals surface area contributed by atoms with Gasteiger partial charge in [-0.15, -0.1) is 0 Å². The minimum Gasteiger partial charge on any atom is -0.478 e. The summed E-state index contributed by atoms with van der Waals surface area (Å²) in [6.45, 7) is 5.70. The SMILES string of the molecule is CC(C)CCCOc1cc(CN)ccn1. The zero-order chi connectivity index (χ0) is 11.1. The molecule has 0 aromatic carbocycles. The molecular formula is C12H20N2O. The summed E-state index contributed by atoms with van der Waals surface area (Å²) in [5, 5.41) is 0. The van der Waals surface area contributed by atoms with Crippen LogP contribution in [-0.2, 0) is 6.54 Å². The van der Waals surface area contributed by atoms with Gasteiger partial charge in [-0.3, -0.25) is 0 Å². The van der Waals surface area contributed by atoms with Crippen LogP contribution in [0.1, 0.15) is 32.3 Å². The van der Waals surface area contributed by atoms with Gasteiger partial charge >= 0.3 is 0 Å². The Morgan fingerprint density at radius 2 is 2.27 bits per heavy atom. The van der Waals surface area contributed by atoms with E-state index in [2.05, 4.69) is 18.8 Å². The van der Waals surface area contributed by atoms with Crippen LogP contribution in [-0.4, -0.2) is 11.6 Å². The van der Waals surface area contributed by atoms with Gasteiger partial charge in [-0.25, -0.2) is 4.98 Å². The Morgan fingerprint density at radius 1 is 1.47 bits per heavy atom. The van der Waals surface area contributed by atoms with E-state index in [1.54, 1.807) is 6.20 Å². The minimum absolute atomic E-state index is 0.533. The lowest BCUT2D eigenvalue weighted by atomic mass is 10.1. The van der Waals surface area contributed by atoms with Crippen molar-refractivity contribution < 1.29 is 4.74 Å². The van der Waals surface area contributed by atoms with Crippen molar-refractivity contribution in [3.05, 3.63) is 23.9 Å². The Balaban J connectivity index is 2.30. The fourth-order valence-electron chi connectivity index (χ4n) is 1.32. The molecule has 84 valence electrons. The van der Waals surface area contributed by atoms with Crippen molar-refractivity contribution in [1.29, 1.82) is 0 Å². The van der Waals surface area contributed by atoms with Gasteiger partial charge in [0.25, 0.3) is 0 Å². The summed E-state index contributed by atoms with van der Waals surface area (Å²) in [6, 6.07) is 3.80. The summed E-state index contributed by atoms with van der Waals surface area (Å²) in [4.78, 5) is 4.13. The molecule has 0 atom stereocenters. The summed E-state index contributed by atoms with van der Waals surface area (Å²) in [5.41, 5.74) is 6.59. The summed E-state index contributed by atoms with van der Waals surface area (Å²) in [6.07, 6.45) is 4.00. The Labute approximate surface area is 91.7 Å². The van der Waals surface area contributed by atoms with Gasteiger partial charge in [0.15, 0.2) is 0 Å². The largest absolute Gasteiger partial charge is 0.478 e. The topological polar surface area (TPSA) is 48.1 Å². The first kappa shape index (κ1) is 12.0. The standard InChI is InChI=1S/C12H20N2O/c1-10(2)4-3-7-15-12-8-11(9-13)5-6-14-12/h5-6,8,10H,3-4,7,9,13H2,1-2H3. The minimum atomic E-state index is 0.533.